The van der Waals surface area contributed by atoms with E-state index in [0.29, 0.717) is 5.69 Å². The van der Waals surface area contributed by atoms with E-state index in [9.17, 15) is 4.79 Å². The third-order valence-electron chi connectivity index (χ3n) is 3.51. The van der Waals surface area contributed by atoms with Crippen molar-refractivity contribution in [3.8, 4) is 0 Å². The van der Waals surface area contributed by atoms with Gasteiger partial charge in [-0.05, 0) is 32.0 Å². The first-order valence-electron chi connectivity index (χ1n) is 6.64. The predicted octanol–water partition coefficient (Wildman–Crippen LogP) is 2.14. The van der Waals surface area contributed by atoms with Gasteiger partial charge >= 0.3 is 0 Å². The molecule has 1 amide bonds. The van der Waals surface area contributed by atoms with Crippen LogP contribution in [0, 0.1) is 0 Å². The summed E-state index contributed by atoms with van der Waals surface area (Å²) in [6.45, 7) is 9.80. The summed E-state index contributed by atoms with van der Waals surface area (Å²) in [5.41, 5.74) is 12.6. The molecule has 0 aliphatic carbocycles. The van der Waals surface area contributed by atoms with Gasteiger partial charge in [0.15, 0.2) is 0 Å². The van der Waals surface area contributed by atoms with Crippen molar-refractivity contribution in [1.82, 2.24) is 9.55 Å². The molecule has 0 atom stereocenters. The number of nitrogens with two attached hydrogens (primary N) is 2. The van der Waals surface area contributed by atoms with E-state index in [1.165, 1.54) is 0 Å². The molecule has 0 saturated carbocycles. The smallest absolute Gasteiger partial charge is 0.243 e. The van der Waals surface area contributed by atoms with Gasteiger partial charge in [0.05, 0.1) is 11.0 Å². The maximum atomic E-state index is 11.9. The monoisotopic (exact) mass is 274 g/mol. The Morgan fingerprint density at radius 3 is 2.30 bits per heavy atom. The van der Waals surface area contributed by atoms with Gasteiger partial charge in [-0.2, -0.15) is 0 Å². The quantitative estimate of drug-likeness (QED) is 0.822. The van der Waals surface area contributed by atoms with E-state index >= 15 is 0 Å². The predicted molar refractivity (Wildman–Crippen MR) is 81.4 cm³/mol. The lowest BCUT2D eigenvalue weighted by Gasteiger charge is -2.30. The van der Waals surface area contributed by atoms with E-state index in [0.717, 1.165) is 16.9 Å². The highest BCUT2D eigenvalue weighted by molar-refractivity contribution is 5.87. The Labute approximate surface area is 119 Å². The second-order valence-corrected chi connectivity index (χ2v) is 6.69. The molecule has 5 nitrogen and oxygen atoms in total. The van der Waals surface area contributed by atoms with E-state index < -0.39 is 5.54 Å². The number of amides is 1. The van der Waals surface area contributed by atoms with Crippen LogP contribution < -0.4 is 11.5 Å². The molecule has 1 aromatic carbocycles. The van der Waals surface area contributed by atoms with E-state index in [1.807, 2.05) is 36.6 Å². The lowest BCUT2D eigenvalue weighted by Crippen LogP contribution is -2.43. The molecule has 2 rings (SSSR count). The first-order chi connectivity index (χ1) is 9.05. The van der Waals surface area contributed by atoms with Gasteiger partial charge in [0.1, 0.15) is 11.4 Å². The van der Waals surface area contributed by atoms with Gasteiger partial charge in [-0.1, -0.05) is 20.8 Å². The fourth-order valence-electron chi connectivity index (χ4n) is 2.28. The van der Waals surface area contributed by atoms with Crippen molar-refractivity contribution in [3.05, 3.63) is 24.0 Å². The molecule has 20 heavy (non-hydrogen) atoms. The summed E-state index contributed by atoms with van der Waals surface area (Å²) in [4.78, 5) is 16.5. The average Bonchev–Trinajstić information content (AvgIpc) is 2.67. The van der Waals surface area contributed by atoms with Crippen LogP contribution in [0.4, 0.5) is 5.69 Å². The van der Waals surface area contributed by atoms with Crippen molar-refractivity contribution in [1.29, 1.82) is 0 Å². The first kappa shape index (κ1) is 14.4. The number of fused-ring (bicyclic) bond motifs is 1. The molecule has 0 spiro atoms. The summed E-state index contributed by atoms with van der Waals surface area (Å²) in [5.74, 6) is 0.432. The first-order valence-corrected chi connectivity index (χ1v) is 6.64. The lowest BCUT2D eigenvalue weighted by atomic mass is 9.93. The molecule has 0 unspecified atom stereocenters. The molecule has 0 fully saturated rings. The minimum Gasteiger partial charge on any atom is -0.399 e. The van der Waals surface area contributed by atoms with Crippen LogP contribution in [-0.2, 0) is 15.7 Å². The summed E-state index contributed by atoms with van der Waals surface area (Å²) < 4.78 is 1.92. The van der Waals surface area contributed by atoms with Crippen LogP contribution in [0.15, 0.2) is 18.2 Å². The Hall–Kier alpha value is -2.04. The maximum Gasteiger partial charge on any atom is 0.243 e. The minimum absolute atomic E-state index is 0.208. The number of benzene rings is 1. The van der Waals surface area contributed by atoms with Crippen molar-refractivity contribution < 1.29 is 4.79 Å². The van der Waals surface area contributed by atoms with Crippen LogP contribution in [0.3, 0.4) is 0 Å². The number of nitrogen functional groups attached to an aromatic ring is 1. The lowest BCUT2D eigenvalue weighted by molar-refractivity contribution is -0.125. The van der Waals surface area contributed by atoms with E-state index in [1.54, 1.807) is 0 Å². The molecule has 0 saturated heterocycles. The fourth-order valence-corrected chi connectivity index (χ4v) is 2.28. The highest BCUT2D eigenvalue weighted by Crippen LogP contribution is 2.32. The summed E-state index contributed by atoms with van der Waals surface area (Å²) in [7, 11) is 0. The van der Waals surface area contributed by atoms with Gasteiger partial charge < -0.3 is 16.0 Å². The molecule has 2 aromatic rings. The SMILES string of the molecule is CC(C)(C)c1nc2cc(N)ccc2n1C(C)(C)C(N)=O. The minimum atomic E-state index is -0.854. The zero-order chi connectivity index (χ0) is 15.3. The highest BCUT2D eigenvalue weighted by Gasteiger charge is 2.35. The van der Waals surface area contributed by atoms with E-state index in [-0.39, 0.29) is 11.3 Å². The molecule has 0 bridgehead atoms. The number of imidazole rings is 1. The molecule has 1 aromatic heterocycles. The summed E-state index contributed by atoms with van der Waals surface area (Å²) in [5, 5.41) is 0. The molecule has 1 heterocycles. The zero-order valence-corrected chi connectivity index (χ0v) is 12.7. The summed E-state index contributed by atoms with van der Waals surface area (Å²) >= 11 is 0. The van der Waals surface area contributed by atoms with Gasteiger partial charge in [0.25, 0.3) is 0 Å². The number of rotatable bonds is 2. The average molecular weight is 274 g/mol. The van der Waals surface area contributed by atoms with E-state index in [2.05, 4.69) is 25.8 Å². The molecular weight excluding hydrogens is 252 g/mol. The highest BCUT2D eigenvalue weighted by atomic mass is 16.1. The van der Waals surface area contributed by atoms with Crippen LogP contribution in [0.1, 0.15) is 40.4 Å². The largest absolute Gasteiger partial charge is 0.399 e. The molecule has 0 aliphatic heterocycles. The van der Waals surface area contributed by atoms with Crippen molar-refractivity contribution in [2.75, 3.05) is 5.73 Å². The number of anilines is 1. The Bertz CT molecular complexity index is 677. The Morgan fingerprint density at radius 1 is 1.20 bits per heavy atom. The van der Waals surface area contributed by atoms with Gasteiger partial charge in [0.2, 0.25) is 5.91 Å². The number of carbonyl (C=O) groups is 1. The van der Waals surface area contributed by atoms with Gasteiger partial charge in [-0.3, -0.25) is 4.79 Å². The Morgan fingerprint density at radius 2 is 1.80 bits per heavy atom. The van der Waals surface area contributed by atoms with E-state index in [4.69, 9.17) is 11.5 Å². The van der Waals surface area contributed by atoms with Crippen molar-refractivity contribution in [2.45, 2.75) is 45.6 Å². The zero-order valence-electron chi connectivity index (χ0n) is 12.7. The molecule has 4 N–H and O–H groups in total. The van der Waals surface area contributed by atoms with Gasteiger partial charge in [-0.15, -0.1) is 0 Å². The van der Waals surface area contributed by atoms with Crippen molar-refractivity contribution in [2.24, 2.45) is 5.73 Å². The Balaban J connectivity index is 2.89. The number of primary amides is 1. The molecule has 0 radical (unpaired) electrons. The van der Waals surface area contributed by atoms with Crippen LogP contribution in [0.2, 0.25) is 0 Å². The number of carbonyl (C=O) groups excluding carboxylic acids is 1. The normalized spacial score (nSPS) is 12.8. The van der Waals surface area contributed by atoms with Gasteiger partial charge in [-0.25, -0.2) is 4.98 Å². The number of nitrogens with zero attached hydrogens (tertiary/aromatic N) is 2. The van der Waals surface area contributed by atoms with Gasteiger partial charge in [0, 0.05) is 11.1 Å². The van der Waals surface area contributed by atoms with Crippen molar-refractivity contribution in [3.63, 3.8) is 0 Å². The third kappa shape index (κ3) is 2.13. The number of hydrogen-bond acceptors (Lipinski definition) is 3. The van der Waals surface area contributed by atoms with Crippen LogP contribution in [0.25, 0.3) is 11.0 Å². The Kier molecular flexibility index (Phi) is 3.04. The van der Waals surface area contributed by atoms with Crippen LogP contribution >= 0.6 is 0 Å². The molecular formula is C15H22N4O. The molecule has 0 aliphatic rings. The third-order valence-corrected chi connectivity index (χ3v) is 3.51. The molecule has 108 valence electrons. The second kappa shape index (κ2) is 4.23. The fraction of sp³-hybridized carbons (Fsp3) is 0.467. The maximum absolute atomic E-state index is 11.9. The summed E-state index contributed by atoms with van der Waals surface area (Å²) in [6, 6.07) is 5.51. The number of hydrogen-bond donors (Lipinski definition) is 2. The standard InChI is InChI=1S/C15H22N4O/c1-14(2,3)13-18-10-8-9(16)6-7-11(10)19(13)15(4,5)12(17)20/h6-8H,16H2,1-5H3,(H2,17,20). The second-order valence-electron chi connectivity index (χ2n) is 6.69. The summed E-state index contributed by atoms with van der Waals surface area (Å²) in [6.07, 6.45) is 0. The van der Waals surface area contributed by atoms with Crippen molar-refractivity contribution >= 4 is 22.6 Å². The number of aromatic nitrogens is 2. The van der Waals surface area contributed by atoms with Crippen LogP contribution in [-0.4, -0.2) is 15.5 Å². The molecule has 5 heteroatoms. The van der Waals surface area contributed by atoms with Crippen LogP contribution in [0.5, 0.6) is 0 Å². The topological polar surface area (TPSA) is 86.9 Å².